The number of rotatable bonds is 5. The molecule has 1 rings (SSSR count). The lowest BCUT2D eigenvalue weighted by Gasteiger charge is -2.21. The van der Waals surface area contributed by atoms with E-state index in [4.69, 9.17) is 16.2 Å². The summed E-state index contributed by atoms with van der Waals surface area (Å²) in [4.78, 5) is 18.9. The van der Waals surface area contributed by atoms with E-state index >= 15 is 0 Å². The fraction of sp³-hybridized carbons (Fsp3) is 0.500. The van der Waals surface area contributed by atoms with E-state index in [2.05, 4.69) is 15.3 Å². The van der Waals surface area contributed by atoms with Gasteiger partial charge in [-0.3, -0.25) is 4.79 Å². The van der Waals surface area contributed by atoms with Crippen molar-refractivity contribution < 1.29 is 9.53 Å². The highest BCUT2D eigenvalue weighted by atomic mass is 16.5. The zero-order valence-corrected chi connectivity index (χ0v) is 10.2. The summed E-state index contributed by atoms with van der Waals surface area (Å²) in [7, 11) is 1.49. The van der Waals surface area contributed by atoms with Crippen molar-refractivity contribution in [1.29, 1.82) is 0 Å². The second-order valence-corrected chi connectivity index (χ2v) is 4.26. The van der Waals surface area contributed by atoms with Crippen molar-refractivity contribution in [3.63, 3.8) is 0 Å². The molecule has 1 aromatic heterocycles. The van der Waals surface area contributed by atoms with Crippen molar-refractivity contribution in [2.45, 2.75) is 13.8 Å². The first kappa shape index (κ1) is 13.0. The minimum absolute atomic E-state index is 0.101. The SMILES string of the molecule is COc1cc(NCC(C)(C)C(N)=O)nc(N)n1. The van der Waals surface area contributed by atoms with Crippen molar-refractivity contribution in [2.24, 2.45) is 11.1 Å². The van der Waals surface area contributed by atoms with Gasteiger partial charge in [-0.05, 0) is 13.8 Å². The Bertz CT molecular complexity index is 419. The van der Waals surface area contributed by atoms with Crippen LogP contribution in [0.3, 0.4) is 0 Å². The largest absolute Gasteiger partial charge is 0.481 e. The lowest BCUT2D eigenvalue weighted by molar-refractivity contribution is -0.125. The number of aromatic nitrogens is 2. The smallest absolute Gasteiger partial charge is 0.225 e. The molecule has 0 spiro atoms. The third-order valence-corrected chi connectivity index (χ3v) is 2.31. The van der Waals surface area contributed by atoms with Crippen LogP contribution in [0, 0.1) is 5.41 Å². The highest BCUT2D eigenvalue weighted by Gasteiger charge is 2.24. The molecule has 94 valence electrons. The van der Waals surface area contributed by atoms with E-state index in [1.807, 2.05) is 0 Å². The van der Waals surface area contributed by atoms with Gasteiger partial charge in [0, 0.05) is 12.6 Å². The van der Waals surface area contributed by atoms with Crippen molar-refractivity contribution >= 4 is 17.7 Å². The van der Waals surface area contributed by atoms with E-state index in [-0.39, 0.29) is 11.9 Å². The van der Waals surface area contributed by atoms with Crippen LogP contribution in [-0.2, 0) is 4.79 Å². The van der Waals surface area contributed by atoms with Crippen molar-refractivity contribution in [3.8, 4) is 5.88 Å². The van der Waals surface area contributed by atoms with Crippen LogP contribution in [-0.4, -0.2) is 29.5 Å². The van der Waals surface area contributed by atoms with E-state index < -0.39 is 5.41 Å². The van der Waals surface area contributed by atoms with Gasteiger partial charge in [0.15, 0.2) is 0 Å². The van der Waals surface area contributed by atoms with Crippen molar-refractivity contribution in [3.05, 3.63) is 6.07 Å². The lowest BCUT2D eigenvalue weighted by atomic mass is 9.93. The molecule has 0 aliphatic carbocycles. The molecular formula is C10H17N5O2. The Kier molecular flexibility index (Phi) is 3.72. The number of primary amides is 1. The van der Waals surface area contributed by atoms with Gasteiger partial charge in [0.2, 0.25) is 17.7 Å². The molecule has 1 amide bonds. The molecular weight excluding hydrogens is 222 g/mol. The summed E-state index contributed by atoms with van der Waals surface area (Å²) in [5.41, 5.74) is 10.1. The van der Waals surface area contributed by atoms with Gasteiger partial charge in [-0.2, -0.15) is 9.97 Å². The Morgan fingerprint density at radius 1 is 1.53 bits per heavy atom. The minimum atomic E-state index is -0.674. The molecule has 0 aliphatic rings. The number of ether oxygens (including phenoxy) is 1. The zero-order valence-electron chi connectivity index (χ0n) is 10.2. The monoisotopic (exact) mass is 239 g/mol. The van der Waals surface area contributed by atoms with E-state index in [1.54, 1.807) is 19.9 Å². The topological polar surface area (TPSA) is 116 Å². The predicted molar refractivity (Wildman–Crippen MR) is 64.5 cm³/mol. The summed E-state index contributed by atoms with van der Waals surface area (Å²) >= 11 is 0. The molecule has 7 heteroatoms. The van der Waals surface area contributed by atoms with Gasteiger partial charge in [0.05, 0.1) is 12.5 Å². The van der Waals surface area contributed by atoms with Crippen LogP contribution in [0.5, 0.6) is 5.88 Å². The second-order valence-electron chi connectivity index (χ2n) is 4.26. The van der Waals surface area contributed by atoms with Gasteiger partial charge in [0.25, 0.3) is 0 Å². The minimum Gasteiger partial charge on any atom is -0.481 e. The summed E-state index contributed by atoms with van der Waals surface area (Å²) in [6.45, 7) is 3.83. The maximum Gasteiger partial charge on any atom is 0.225 e. The number of hydrogen-bond acceptors (Lipinski definition) is 6. The molecule has 0 atom stereocenters. The second kappa shape index (κ2) is 4.86. The number of nitrogens with two attached hydrogens (primary N) is 2. The number of methoxy groups -OCH3 is 1. The third-order valence-electron chi connectivity index (χ3n) is 2.31. The number of nitrogen functional groups attached to an aromatic ring is 1. The number of nitrogens with zero attached hydrogens (tertiary/aromatic N) is 2. The standard InChI is InChI=1S/C10H17N5O2/c1-10(2,8(11)16)5-13-6-4-7(17-3)15-9(12)14-6/h4H,5H2,1-3H3,(H2,11,16)(H3,12,13,14,15). The molecule has 0 saturated heterocycles. The third kappa shape index (κ3) is 3.47. The van der Waals surface area contributed by atoms with Gasteiger partial charge < -0.3 is 21.5 Å². The van der Waals surface area contributed by atoms with Crippen molar-refractivity contribution in [1.82, 2.24) is 9.97 Å². The lowest BCUT2D eigenvalue weighted by Crippen LogP contribution is -2.37. The molecule has 0 aliphatic heterocycles. The molecule has 0 saturated carbocycles. The fourth-order valence-electron chi connectivity index (χ4n) is 1.04. The van der Waals surface area contributed by atoms with Crippen LogP contribution in [0.2, 0.25) is 0 Å². The highest BCUT2D eigenvalue weighted by molar-refractivity contribution is 5.80. The number of nitrogens with one attached hydrogen (secondary N) is 1. The van der Waals surface area contributed by atoms with Crippen LogP contribution in [0.1, 0.15) is 13.8 Å². The maximum absolute atomic E-state index is 11.1. The Morgan fingerprint density at radius 2 is 2.18 bits per heavy atom. The Hall–Kier alpha value is -2.05. The average molecular weight is 239 g/mol. The first-order valence-corrected chi connectivity index (χ1v) is 5.07. The summed E-state index contributed by atoms with van der Waals surface area (Å²) in [6.07, 6.45) is 0. The molecule has 0 aromatic carbocycles. The fourth-order valence-corrected chi connectivity index (χ4v) is 1.04. The van der Waals surface area contributed by atoms with E-state index in [9.17, 15) is 4.79 Å². The Morgan fingerprint density at radius 3 is 2.71 bits per heavy atom. The van der Waals surface area contributed by atoms with Crippen LogP contribution in [0.25, 0.3) is 0 Å². The molecule has 1 aromatic rings. The molecule has 0 unspecified atom stereocenters. The Balaban J connectivity index is 2.76. The number of carbonyl (C=O) groups is 1. The first-order chi connectivity index (χ1) is 7.85. The molecule has 1 heterocycles. The van der Waals surface area contributed by atoms with Crippen LogP contribution < -0.4 is 21.5 Å². The summed E-state index contributed by atoms with van der Waals surface area (Å²) < 4.78 is 4.95. The Labute approximate surface area is 99.6 Å². The number of hydrogen-bond donors (Lipinski definition) is 3. The van der Waals surface area contributed by atoms with Gasteiger partial charge >= 0.3 is 0 Å². The quantitative estimate of drug-likeness (QED) is 0.665. The van der Waals surface area contributed by atoms with E-state index in [1.165, 1.54) is 7.11 Å². The van der Waals surface area contributed by atoms with Gasteiger partial charge in [-0.25, -0.2) is 0 Å². The molecule has 5 N–H and O–H groups in total. The number of carbonyl (C=O) groups excluding carboxylic acids is 1. The molecule has 17 heavy (non-hydrogen) atoms. The summed E-state index contributed by atoms with van der Waals surface area (Å²) in [5.74, 6) is 0.559. The zero-order chi connectivity index (χ0) is 13.1. The van der Waals surface area contributed by atoms with Crippen molar-refractivity contribution in [2.75, 3.05) is 24.7 Å². The predicted octanol–water partition coefficient (Wildman–Crippen LogP) is -0.00920. The van der Waals surface area contributed by atoms with Crippen LogP contribution in [0.15, 0.2) is 6.07 Å². The van der Waals surface area contributed by atoms with Crippen LogP contribution in [0.4, 0.5) is 11.8 Å². The molecule has 7 nitrogen and oxygen atoms in total. The summed E-state index contributed by atoms with van der Waals surface area (Å²) in [5, 5.41) is 2.97. The van der Waals surface area contributed by atoms with Gasteiger partial charge in [-0.15, -0.1) is 0 Å². The average Bonchev–Trinajstić information content (AvgIpc) is 2.25. The van der Waals surface area contributed by atoms with Crippen LogP contribution >= 0.6 is 0 Å². The summed E-state index contributed by atoms with van der Waals surface area (Å²) in [6, 6.07) is 1.59. The molecule has 0 bridgehead atoms. The highest BCUT2D eigenvalue weighted by Crippen LogP contribution is 2.18. The molecule has 0 radical (unpaired) electrons. The van der Waals surface area contributed by atoms with Gasteiger partial charge in [0.1, 0.15) is 5.82 Å². The van der Waals surface area contributed by atoms with E-state index in [0.29, 0.717) is 18.2 Å². The first-order valence-electron chi connectivity index (χ1n) is 5.07. The number of anilines is 2. The molecule has 0 fully saturated rings. The maximum atomic E-state index is 11.1. The van der Waals surface area contributed by atoms with E-state index in [0.717, 1.165) is 0 Å². The number of amides is 1. The normalized spacial score (nSPS) is 11.0. The van der Waals surface area contributed by atoms with Gasteiger partial charge in [-0.1, -0.05) is 0 Å².